The molecule has 0 radical (unpaired) electrons. The lowest BCUT2D eigenvalue weighted by Crippen LogP contribution is -2.10. The highest BCUT2D eigenvalue weighted by molar-refractivity contribution is 7.48. The van der Waals surface area contributed by atoms with Crippen molar-refractivity contribution in [3.05, 3.63) is 0 Å². The summed E-state index contributed by atoms with van der Waals surface area (Å²) >= 11 is 0. The second-order valence-corrected chi connectivity index (χ2v) is 6.49. The Kier molecular flexibility index (Phi) is 12.0. The van der Waals surface area contributed by atoms with Crippen molar-refractivity contribution in [2.24, 2.45) is 5.92 Å². The van der Waals surface area contributed by atoms with Crippen molar-refractivity contribution in [2.75, 3.05) is 19.8 Å². The summed E-state index contributed by atoms with van der Waals surface area (Å²) in [6, 6.07) is 0. The van der Waals surface area contributed by atoms with Crippen LogP contribution in [0.15, 0.2) is 0 Å². The molecule has 116 valence electrons. The third-order valence-corrected chi connectivity index (χ3v) is 4.38. The molecule has 0 aromatic carbocycles. The SMILES string of the molecule is CCCCC(CC)COP(=O)(OCCC)OCCC. The van der Waals surface area contributed by atoms with Crippen LogP contribution in [0.2, 0.25) is 0 Å². The monoisotopic (exact) mass is 294 g/mol. The van der Waals surface area contributed by atoms with Crippen LogP contribution in [0.1, 0.15) is 66.2 Å². The van der Waals surface area contributed by atoms with Gasteiger partial charge in [0.1, 0.15) is 0 Å². The first-order chi connectivity index (χ1) is 9.11. The number of unbranched alkanes of at least 4 members (excludes halogenated alkanes) is 1. The minimum atomic E-state index is -3.35. The van der Waals surface area contributed by atoms with E-state index in [1.54, 1.807) is 0 Å². The van der Waals surface area contributed by atoms with Crippen molar-refractivity contribution in [1.29, 1.82) is 0 Å². The summed E-state index contributed by atoms with van der Waals surface area (Å²) in [6.07, 6.45) is 6.09. The lowest BCUT2D eigenvalue weighted by atomic mass is 10.0. The minimum Gasteiger partial charge on any atom is -0.287 e. The molecular weight excluding hydrogens is 263 g/mol. The predicted octanol–water partition coefficient (Wildman–Crippen LogP) is 5.18. The summed E-state index contributed by atoms with van der Waals surface area (Å²) < 4.78 is 28.4. The molecule has 0 saturated carbocycles. The second-order valence-electron chi connectivity index (χ2n) is 4.83. The highest BCUT2D eigenvalue weighted by atomic mass is 31.2. The molecule has 0 amide bonds. The van der Waals surface area contributed by atoms with E-state index in [0.29, 0.717) is 25.7 Å². The molecule has 0 aliphatic heterocycles. The van der Waals surface area contributed by atoms with Gasteiger partial charge < -0.3 is 0 Å². The number of hydrogen-bond donors (Lipinski definition) is 0. The smallest absolute Gasteiger partial charge is 0.287 e. The third-order valence-electron chi connectivity index (χ3n) is 2.92. The van der Waals surface area contributed by atoms with Gasteiger partial charge in [-0.15, -0.1) is 0 Å². The third kappa shape index (κ3) is 9.61. The van der Waals surface area contributed by atoms with E-state index in [1.807, 2.05) is 13.8 Å². The highest BCUT2D eigenvalue weighted by Crippen LogP contribution is 2.50. The summed E-state index contributed by atoms with van der Waals surface area (Å²) in [5.74, 6) is 0.434. The minimum absolute atomic E-state index is 0.409. The van der Waals surface area contributed by atoms with Gasteiger partial charge in [0.05, 0.1) is 19.8 Å². The van der Waals surface area contributed by atoms with E-state index < -0.39 is 7.82 Å². The van der Waals surface area contributed by atoms with Gasteiger partial charge in [-0.3, -0.25) is 13.6 Å². The molecule has 0 saturated heterocycles. The van der Waals surface area contributed by atoms with Crippen molar-refractivity contribution in [3.8, 4) is 0 Å². The number of rotatable bonds is 13. The lowest BCUT2D eigenvalue weighted by Gasteiger charge is -2.21. The molecule has 0 bridgehead atoms. The van der Waals surface area contributed by atoms with E-state index in [0.717, 1.165) is 25.7 Å². The Bertz CT molecular complexity index is 234. The van der Waals surface area contributed by atoms with Crippen molar-refractivity contribution in [2.45, 2.75) is 66.2 Å². The maximum absolute atomic E-state index is 12.4. The van der Waals surface area contributed by atoms with Gasteiger partial charge in [0.2, 0.25) is 0 Å². The van der Waals surface area contributed by atoms with Crippen molar-refractivity contribution in [3.63, 3.8) is 0 Å². The maximum Gasteiger partial charge on any atom is 0.474 e. The molecule has 1 atom stereocenters. The van der Waals surface area contributed by atoms with Crippen LogP contribution in [0, 0.1) is 5.92 Å². The van der Waals surface area contributed by atoms with E-state index in [9.17, 15) is 4.57 Å². The van der Waals surface area contributed by atoms with Crippen LogP contribution in [0.3, 0.4) is 0 Å². The Hall–Kier alpha value is 0.110. The van der Waals surface area contributed by atoms with Gasteiger partial charge in [-0.1, -0.05) is 47.0 Å². The molecule has 0 spiro atoms. The zero-order valence-electron chi connectivity index (χ0n) is 13.0. The predicted molar refractivity (Wildman–Crippen MR) is 79.4 cm³/mol. The summed E-state index contributed by atoms with van der Waals surface area (Å²) in [6.45, 7) is 9.53. The molecule has 0 N–H and O–H groups in total. The molecule has 1 unspecified atom stereocenters. The molecule has 4 nitrogen and oxygen atoms in total. The summed E-state index contributed by atoms with van der Waals surface area (Å²) in [7, 11) is -3.35. The summed E-state index contributed by atoms with van der Waals surface area (Å²) in [5, 5.41) is 0. The fourth-order valence-electron chi connectivity index (χ4n) is 1.61. The molecule has 0 rings (SSSR count). The summed E-state index contributed by atoms with van der Waals surface area (Å²) in [5.41, 5.74) is 0. The Morgan fingerprint density at radius 2 is 1.47 bits per heavy atom. The standard InChI is InChI=1S/C14H31O4P/c1-5-9-10-14(8-4)13-18-19(15,16-11-6-2)17-12-7-3/h14H,5-13H2,1-4H3. The first-order valence-electron chi connectivity index (χ1n) is 7.65. The zero-order valence-corrected chi connectivity index (χ0v) is 13.9. The Labute approximate surface area is 118 Å². The van der Waals surface area contributed by atoms with Gasteiger partial charge in [-0.2, -0.15) is 0 Å². The van der Waals surface area contributed by atoms with Gasteiger partial charge in [0.15, 0.2) is 0 Å². The first kappa shape index (κ1) is 19.1. The normalized spacial score (nSPS) is 13.7. The Balaban J connectivity index is 4.24. The molecule has 0 aromatic rings. The molecule has 19 heavy (non-hydrogen) atoms. The van der Waals surface area contributed by atoms with E-state index in [4.69, 9.17) is 13.6 Å². The van der Waals surface area contributed by atoms with E-state index in [1.165, 1.54) is 12.8 Å². The van der Waals surface area contributed by atoms with E-state index in [-0.39, 0.29) is 0 Å². The van der Waals surface area contributed by atoms with Gasteiger partial charge >= 0.3 is 7.82 Å². The Morgan fingerprint density at radius 3 is 1.89 bits per heavy atom. The first-order valence-corrected chi connectivity index (χ1v) is 9.11. The van der Waals surface area contributed by atoms with Crippen LogP contribution < -0.4 is 0 Å². The second kappa shape index (κ2) is 11.9. The lowest BCUT2D eigenvalue weighted by molar-refractivity contribution is 0.0972. The largest absolute Gasteiger partial charge is 0.474 e. The molecule has 0 aromatic heterocycles. The van der Waals surface area contributed by atoms with Gasteiger partial charge in [-0.05, 0) is 25.2 Å². The van der Waals surface area contributed by atoms with Crippen LogP contribution >= 0.6 is 7.82 Å². The average molecular weight is 294 g/mol. The van der Waals surface area contributed by atoms with Gasteiger partial charge in [0, 0.05) is 0 Å². The van der Waals surface area contributed by atoms with Crippen molar-refractivity contribution < 1.29 is 18.1 Å². The quantitative estimate of drug-likeness (QED) is 0.439. The average Bonchev–Trinajstić information content (AvgIpc) is 2.43. The fourth-order valence-corrected chi connectivity index (χ4v) is 3.04. The molecule has 0 aliphatic rings. The molecule has 5 heteroatoms. The van der Waals surface area contributed by atoms with Crippen LogP contribution in [0.5, 0.6) is 0 Å². The van der Waals surface area contributed by atoms with Crippen molar-refractivity contribution in [1.82, 2.24) is 0 Å². The molecule has 0 aliphatic carbocycles. The van der Waals surface area contributed by atoms with Crippen LogP contribution in [-0.4, -0.2) is 19.8 Å². The maximum atomic E-state index is 12.4. The van der Waals surface area contributed by atoms with Crippen molar-refractivity contribution >= 4 is 7.82 Å². The van der Waals surface area contributed by atoms with Gasteiger partial charge in [0.25, 0.3) is 0 Å². The van der Waals surface area contributed by atoms with Crippen LogP contribution in [-0.2, 0) is 18.1 Å². The van der Waals surface area contributed by atoms with Crippen LogP contribution in [0.25, 0.3) is 0 Å². The van der Waals surface area contributed by atoms with E-state index >= 15 is 0 Å². The topological polar surface area (TPSA) is 44.8 Å². The molecule has 0 fully saturated rings. The summed E-state index contributed by atoms with van der Waals surface area (Å²) in [4.78, 5) is 0. The fraction of sp³-hybridized carbons (Fsp3) is 1.00. The number of hydrogen-bond acceptors (Lipinski definition) is 4. The number of phosphoric acid groups is 1. The Morgan fingerprint density at radius 1 is 0.895 bits per heavy atom. The molecule has 0 heterocycles. The number of phosphoric ester groups is 1. The molecular formula is C14H31O4P. The zero-order chi connectivity index (χ0) is 14.6. The van der Waals surface area contributed by atoms with Gasteiger partial charge in [-0.25, -0.2) is 4.57 Å². The van der Waals surface area contributed by atoms with Crippen LogP contribution in [0.4, 0.5) is 0 Å². The highest BCUT2D eigenvalue weighted by Gasteiger charge is 2.27. The van der Waals surface area contributed by atoms with E-state index in [2.05, 4.69) is 13.8 Å².